The third kappa shape index (κ3) is 8.65. The van der Waals surface area contributed by atoms with Crippen LogP contribution in [0, 0.1) is 41.5 Å². The molecule has 2 atom stereocenters. The summed E-state index contributed by atoms with van der Waals surface area (Å²) in [7, 11) is 9.53. The Morgan fingerprint density at radius 1 is 0.688 bits per heavy atom. The van der Waals surface area contributed by atoms with Gasteiger partial charge < -0.3 is 5.32 Å². The van der Waals surface area contributed by atoms with Crippen LogP contribution in [0.25, 0.3) is 5.32 Å². The first-order valence-electron chi connectivity index (χ1n) is 10.7. The molecule has 0 aliphatic carbocycles. The Hall–Kier alpha value is -1.16. The third-order valence-corrected chi connectivity index (χ3v) is 5.50. The van der Waals surface area contributed by atoms with Crippen LogP contribution in [-0.2, 0) is 13.1 Å². The summed E-state index contributed by atoms with van der Waals surface area (Å²) in [5, 5.41) is 4.96. The van der Waals surface area contributed by atoms with E-state index in [2.05, 4.69) is 93.5 Å². The molecule has 0 fully saturated rings. The van der Waals surface area contributed by atoms with Crippen molar-refractivity contribution in [1.82, 2.24) is 0 Å². The molecule has 0 saturated carbocycles. The second kappa shape index (κ2) is 13.5. The Balaban J connectivity index is 0.00000161. The van der Waals surface area contributed by atoms with Crippen LogP contribution in [0.4, 0.5) is 11.4 Å². The number of benzene rings is 2. The molecule has 2 rings (SSSR count). The summed E-state index contributed by atoms with van der Waals surface area (Å²) in [6, 6.07) is 8.82. The third-order valence-electron chi connectivity index (χ3n) is 5.50. The second-order valence-corrected chi connectivity index (χ2v) is 10.4. The zero-order chi connectivity index (χ0) is 24.6. The van der Waals surface area contributed by atoms with Gasteiger partial charge in [0.25, 0.3) is 0 Å². The summed E-state index contributed by atoms with van der Waals surface area (Å²) < 4.78 is 0. The van der Waals surface area contributed by atoms with Crippen molar-refractivity contribution >= 4 is 43.0 Å². The van der Waals surface area contributed by atoms with Crippen molar-refractivity contribution in [3.05, 3.63) is 63.0 Å². The monoisotopic (exact) mass is 516 g/mol. The Morgan fingerprint density at radius 2 is 0.938 bits per heavy atom. The van der Waals surface area contributed by atoms with Gasteiger partial charge in [0.15, 0.2) is 0 Å². The molecule has 0 radical (unpaired) electrons. The zero-order valence-electron chi connectivity index (χ0n) is 20.9. The van der Waals surface area contributed by atoms with Gasteiger partial charge in [-0.15, -0.1) is 0 Å². The fourth-order valence-electron chi connectivity index (χ4n) is 3.79. The molecule has 0 amide bonds. The molecule has 0 aliphatic rings. The fourth-order valence-corrected chi connectivity index (χ4v) is 3.79. The zero-order valence-corrected chi connectivity index (χ0v) is 23.5. The molecule has 32 heavy (non-hydrogen) atoms. The Morgan fingerprint density at radius 3 is 1.19 bits per heavy atom. The first-order valence-corrected chi connectivity index (χ1v) is 13.8. The van der Waals surface area contributed by atoms with Gasteiger partial charge in [-0.25, -0.2) is 0 Å². The topological polar surface area (TPSA) is 38.8 Å². The van der Waals surface area contributed by atoms with Crippen molar-refractivity contribution < 1.29 is 13.1 Å². The minimum absolute atomic E-state index is 0.0375. The van der Waals surface area contributed by atoms with E-state index in [9.17, 15) is 0 Å². The Bertz CT molecular complexity index is 860. The number of hydrogen-bond donors (Lipinski definition) is 0. The Kier molecular flexibility index (Phi) is 12.2. The molecule has 2 unspecified atom stereocenters. The van der Waals surface area contributed by atoms with E-state index < -0.39 is 0 Å². The van der Waals surface area contributed by atoms with E-state index in [1.807, 2.05) is 0 Å². The van der Waals surface area contributed by atoms with Gasteiger partial charge in [0.1, 0.15) is 0 Å². The SMILES string of the molecule is CC(=Nc1c(C)cc(C)cc1C)C(C)[N-]C(C)C(C)=Nc1c(C)cc(C)cc1C.[Cl][Fe+][Cl]. The molecule has 0 saturated heterocycles. The van der Waals surface area contributed by atoms with Crippen LogP contribution in [-0.4, -0.2) is 23.5 Å². The number of aryl methyl sites for hydroxylation is 6. The van der Waals surface area contributed by atoms with Crippen molar-refractivity contribution in [3.63, 3.8) is 0 Å². The van der Waals surface area contributed by atoms with Crippen molar-refractivity contribution in [2.45, 2.75) is 81.3 Å². The molecule has 0 heterocycles. The van der Waals surface area contributed by atoms with Crippen LogP contribution in [0.2, 0.25) is 0 Å². The van der Waals surface area contributed by atoms with Crippen molar-refractivity contribution in [2.75, 3.05) is 0 Å². The van der Waals surface area contributed by atoms with E-state index in [4.69, 9.17) is 35.5 Å². The van der Waals surface area contributed by atoms with E-state index in [1.54, 1.807) is 0 Å². The average Bonchev–Trinajstić information content (AvgIpc) is 2.67. The van der Waals surface area contributed by atoms with Gasteiger partial charge >= 0.3 is 33.3 Å². The van der Waals surface area contributed by atoms with E-state index >= 15 is 0 Å². The summed E-state index contributed by atoms with van der Waals surface area (Å²) in [6.07, 6.45) is 0. The summed E-state index contributed by atoms with van der Waals surface area (Å²) >= 11 is 0.194. The Labute approximate surface area is 209 Å². The second-order valence-electron chi connectivity index (χ2n) is 8.55. The average molecular weight is 517 g/mol. The molecule has 6 heteroatoms. The van der Waals surface area contributed by atoms with Gasteiger partial charge in [0.05, 0.1) is 11.4 Å². The number of nitrogens with zero attached hydrogens (tertiary/aromatic N) is 3. The molecular formula is C26H36Cl2FeN3. The van der Waals surface area contributed by atoms with E-state index in [0.29, 0.717) is 0 Å². The summed E-state index contributed by atoms with van der Waals surface area (Å²) in [5.74, 6) is 0. The van der Waals surface area contributed by atoms with Gasteiger partial charge in [-0.05, 0) is 89.1 Å². The van der Waals surface area contributed by atoms with Gasteiger partial charge in [-0.2, -0.15) is 0 Å². The van der Waals surface area contributed by atoms with Crippen LogP contribution in [0.3, 0.4) is 0 Å². The standard InChI is InChI=1S/C26H36N3.2ClH.Fe/c1-15-11-17(3)25(18(4)12-15)28-23(9)21(7)27-22(8)24(10)29-26-19(5)13-16(2)14-20(26)6;;;/h11-14,21-22H,1-10H3;2*1H;/q-1;;;+3/p-2. The van der Waals surface area contributed by atoms with Crippen molar-refractivity contribution in [1.29, 1.82) is 0 Å². The molecule has 0 N–H and O–H groups in total. The normalized spacial score (nSPS) is 14.0. The van der Waals surface area contributed by atoms with Gasteiger partial charge in [0.2, 0.25) is 0 Å². The maximum absolute atomic E-state index is 4.96. The maximum atomic E-state index is 4.96. The molecule has 0 spiro atoms. The molecule has 2 aromatic carbocycles. The predicted octanol–water partition coefficient (Wildman–Crippen LogP) is 8.95. The van der Waals surface area contributed by atoms with Gasteiger partial charge in [-0.3, -0.25) is 9.98 Å². The molecule has 3 nitrogen and oxygen atoms in total. The van der Waals surface area contributed by atoms with Crippen LogP contribution >= 0.6 is 20.2 Å². The van der Waals surface area contributed by atoms with Crippen LogP contribution < -0.4 is 0 Å². The summed E-state index contributed by atoms with van der Waals surface area (Å²) in [6.45, 7) is 21.1. The molecular weight excluding hydrogens is 481 g/mol. The first-order chi connectivity index (χ1) is 14.9. The predicted molar refractivity (Wildman–Crippen MR) is 141 cm³/mol. The molecule has 0 aromatic heterocycles. The van der Waals surface area contributed by atoms with Gasteiger partial charge in [0, 0.05) is 0 Å². The van der Waals surface area contributed by atoms with E-state index in [0.717, 1.165) is 22.8 Å². The quantitative estimate of drug-likeness (QED) is 0.271. The fraction of sp³-hybridized carbons (Fsp3) is 0.462. The molecule has 0 bridgehead atoms. The van der Waals surface area contributed by atoms with E-state index in [1.165, 1.54) is 33.4 Å². The number of hydrogen-bond acceptors (Lipinski definition) is 2. The molecule has 177 valence electrons. The number of rotatable bonds is 6. The summed E-state index contributed by atoms with van der Waals surface area (Å²) in [5.41, 5.74) is 11.6. The van der Waals surface area contributed by atoms with E-state index in [-0.39, 0.29) is 25.2 Å². The van der Waals surface area contributed by atoms with Crippen LogP contribution in [0.15, 0.2) is 34.3 Å². The van der Waals surface area contributed by atoms with Crippen LogP contribution in [0.1, 0.15) is 61.1 Å². The minimum atomic E-state index is 0.0375. The van der Waals surface area contributed by atoms with Crippen molar-refractivity contribution in [3.8, 4) is 0 Å². The first kappa shape index (κ1) is 28.9. The van der Waals surface area contributed by atoms with Crippen LogP contribution in [0.5, 0.6) is 0 Å². The summed E-state index contributed by atoms with van der Waals surface area (Å²) in [4.78, 5) is 9.83. The number of aliphatic imine (C=N–C) groups is 2. The van der Waals surface area contributed by atoms with Gasteiger partial charge in [-0.1, -0.05) is 61.3 Å². The van der Waals surface area contributed by atoms with Crippen molar-refractivity contribution in [2.24, 2.45) is 9.98 Å². The molecule has 2 aromatic rings. The molecule has 0 aliphatic heterocycles. The number of halogens is 2.